The van der Waals surface area contributed by atoms with Crippen LogP contribution in [0.4, 0.5) is 0 Å². The van der Waals surface area contributed by atoms with Gasteiger partial charge in [0.2, 0.25) is 0 Å². The molecule has 0 amide bonds. The highest BCUT2D eigenvalue weighted by Crippen LogP contribution is 2.26. The van der Waals surface area contributed by atoms with Crippen LogP contribution in [0.2, 0.25) is 18.1 Å². The molecule has 0 radical (unpaired) electrons. The number of aliphatic hydroxyl groups is 1. The molecule has 0 unspecified atom stereocenters. The fourth-order valence-electron chi connectivity index (χ4n) is 2.20. The number of rotatable bonds is 5. The van der Waals surface area contributed by atoms with Crippen LogP contribution in [-0.2, 0) is 4.43 Å². The second-order valence-corrected chi connectivity index (χ2v) is 9.15. The maximum Gasteiger partial charge on any atom is 0.192 e. The van der Waals surface area contributed by atoms with E-state index < -0.39 is 8.32 Å². The van der Waals surface area contributed by atoms with E-state index in [2.05, 4.69) is 26.8 Å². The molecule has 0 aromatic carbocycles. The van der Waals surface area contributed by atoms with E-state index >= 15 is 0 Å². The van der Waals surface area contributed by atoms with Crippen LogP contribution in [0, 0.1) is 0 Å². The Balaban J connectivity index is 2.55. The third-order valence-corrected chi connectivity index (χ3v) is 8.30. The van der Waals surface area contributed by atoms with Gasteiger partial charge in [-0.3, -0.25) is 0 Å². The molecule has 0 aromatic rings. The highest BCUT2D eigenvalue weighted by atomic mass is 28.4. The summed E-state index contributed by atoms with van der Waals surface area (Å²) in [5.41, 5.74) is 0. The van der Waals surface area contributed by atoms with E-state index in [0.29, 0.717) is 0 Å². The third-order valence-electron chi connectivity index (χ3n) is 3.63. The van der Waals surface area contributed by atoms with Crippen LogP contribution in [-0.4, -0.2) is 25.6 Å². The van der Waals surface area contributed by atoms with Gasteiger partial charge in [0.15, 0.2) is 8.32 Å². The Labute approximate surface area is 94.5 Å². The highest BCUT2D eigenvalue weighted by Gasteiger charge is 2.31. The minimum absolute atomic E-state index is 0.245. The molecule has 1 aliphatic carbocycles. The molecule has 15 heavy (non-hydrogen) atoms. The molecular weight excluding hydrogens is 204 g/mol. The zero-order chi connectivity index (χ0) is 11.3. The molecule has 1 N–H and O–H groups in total. The van der Waals surface area contributed by atoms with Gasteiger partial charge in [0.05, 0.1) is 12.2 Å². The smallest absolute Gasteiger partial charge is 0.192 e. The molecule has 0 heterocycles. The van der Waals surface area contributed by atoms with Crippen molar-refractivity contribution in [3.05, 3.63) is 12.2 Å². The van der Waals surface area contributed by atoms with Crippen LogP contribution in [0.15, 0.2) is 12.2 Å². The number of hydrogen-bond acceptors (Lipinski definition) is 2. The fourth-order valence-corrected chi connectivity index (χ4v) is 5.04. The SMILES string of the molecule is CC[Si](CC)(CC)O[C@@H]1C=C[C@@H](O)CC1. The predicted octanol–water partition coefficient (Wildman–Crippen LogP) is 3.09. The van der Waals surface area contributed by atoms with Crippen molar-refractivity contribution in [1.29, 1.82) is 0 Å². The lowest BCUT2D eigenvalue weighted by atomic mass is 10.0. The molecule has 2 nitrogen and oxygen atoms in total. The van der Waals surface area contributed by atoms with Crippen molar-refractivity contribution in [3.8, 4) is 0 Å². The van der Waals surface area contributed by atoms with E-state index in [1.54, 1.807) is 0 Å². The van der Waals surface area contributed by atoms with E-state index in [-0.39, 0.29) is 12.2 Å². The van der Waals surface area contributed by atoms with Crippen molar-refractivity contribution in [3.63, 3.8) is 0 Å². The zero-order valence-corrected chi connectivity index (χ0v) is 11.2. The first kappa shape index (κ1) is 12.9. The van der Waals surface area contributed by atoms with Crippen molar-refractivity contribution < 1.29 is 9.53 Å². The van der Waals surface area contributed by atoms with Crippen LogP contribution in [0.5, 0.6) is 0 Å². The quantitative estimate of drug-likeness (QED) is 0.579. The van der Waals surface area contributed by atoms with E-state index in [9.17, 15) is 5.11 Å². The minimum atomic E-state index is -1.46. The molecule has 1 aliphatic rings. The zero-order valence-electron chi connectivity index (χ0n) is 10.2. The second-order valence-electron chi connectivity index (χ2n) is 4.43. The fraction of sp³-hybridized carbons (Fsp3) is 0.833. The Morgan fingerprint density at radius 3 is 2.13 bits per heavy atom. The van der Waals surface area contributed by atoms with Gasteiger partial charge in [-0.05, 0) is 31.0 Å². The van der Waals surface area contributed by atoms with E-state index in [1.165, 1.54) is 18.1 Å². The number of aliphatic hydroxyl groups excluding tert-OH is 1. The lowest BCUT2D eigenvalue weighted by Crippen LogP contribution is -2.40. The first-order chi connectivity index (χ1) is 7.15. The largest absolute Gasteiger partial charge is 0.411 e. The van der Waals surface area contributed by atoms with Crippen LogP contribution in [0.1, 0.15) is 33.6 Å². The van der Waals surface area contributed by atoms with Crippen molar-refractivity contribution in [2.45, 2.75) is 64.0 Å². The molecule has 88 valence electrons. The van der Waals surface area contributed by atoms with E-state index in [0.717, 1.165) is 12.8 Å². The third kappa shape index (κ3) is 3.43. The van der Waals surface area contributed by atoms with Gasteiger partial charge in [-0.2, -0.15) is 0 Å². The molecule has 0 fully saturated rings. The van der Waals surface area contributed by atoms with Crippen LogP contribution in [0.25, 0.3) is 0 Å². The van der Waals surface area contributed by atoms with Crippen molar-refractivity contribution in [2.75, 3.05) is 0 Å². The standard InChI is InChI=1S/C12H24O2Si/c1-4-15(5-2,6-3)14-12-9-7-11(13)8-10-12/h7,9,11-13H,4-6,8,10H2,1-3H3/t11-,12-/m1/s1. The Hall–Kier alpha value is -0.123. The average molecular weight is 228 g/mol. The van der Waals surface area contributed by atoms with E-state index in [4.69, 9.17) is 4.43 Å². The summed E-state index contributed by atoms with van der Waals surface area (Å²) in [6.07, 6.45) is 5.78. The van der Waals surface area contributed by atoms with Crippen molar-refractivity contribution in [1.82, 2.24) is 0 Å². The summed E-state index contributed by atoms with van der Waals surface area (Å²) in [5.74, 6) is 0. The van der Waals surface area contributed by atoms with Gasteiger partial charge in [0.25, 0.3) is 0 Å². The maximum atomic E-state index is 9.37. The topological polar surface area (TPSA) is 29.5 Å². The monoisotopic (exact) mass is 228 g/mol. The summed E-state index contributed by atoms with van der Waals surface area (Å²) in [6, 6.07) is 3.60. The average Bonchev–Trinajstić information content (AvgIpc) is 2.29. The molecule has 0 bridgehead atoms. The van der Waals surface area contributed by atoms with Gasteiger partial charge in [-0.1, -0.05) is 32.9 Å². The minimum Gasteiger partial charge on any atom is -0.411 e. The Bertz CT molecular complexity index is 203. The molecule has 0 saturated heterocycles. The summed E-state index contributed by atoms with van der Waals surface area (Å²) in [7, 11) is -1.46. The molecule has 0 spiro atoms. The Morgan fingerprint density at radius 1 is 1.13 bits per heavy atom. The predicted molar refractivity (Wildman–Crippen MR) is 66.5 cm³/mol. The van der Waals surface area contributed by atoms with Crippen LogP contribution >= 0.6 is 0 Å². The summed E-state index contributed by atoms with van der Waals surface area (Å²) < 4.78 is 6.32. The Morgan fingerprint density at radius 2 is 1.73 bits per heavy atom. The van der Waals surface area contributed by atoms with Crippen molar-refractivity contribution >= 4 is 8.32 Å². The van der Waals surface area contributed by atoms with Crippen LogP contribution in [0.3, 0.4) is 0 Å². The molecule has 0 aliphatic heterocycles. The van der Waals surface area contributed by atoms with Gasteiger partial charge >= 0.3 is 0 Å². The number of hydrogen-bond donors (Lipinski definition) is 1. The molecular formula is C12H24O2Si. The van der Waals surface area contributed by atoms with Gasteiger partial charge in [-0.15, -0.1) is 0 Å². The summed E-state index contributed by atoms with van der Waals surface area (Å²) >= 11 is 0. The van der Waals surface area contributed by atoms with Gasteiger partial charge in [0, 0.05) is 0 Å². The van der Waals surface area contributed by atoms with Gasteiger partial charge < -0.3 is 9.53 Å². The molecule has 1 rings (SSSR count). The summed E-state index contributed by atoms with van der Waals surface area (Å²) in [4.78, 5) is 0. The van der Waals surface area contributed by atoms with Gasteiger partial charge in [0.1, 0.15) is 0 Å². The lowest BCUT2D eigenvalue weighted by Gasteiger charge is -2.33. The van der Waals surface area contributed by atoms with Crippen LogP contribution < -0.4 is 0 Å². The molecule has 0 saturated carbocycles. The highest BCUT2D eigenvalue weighted by molar-refractivity contribution is 6.73. The van der Waals surface area contributed by atoms with E-state index in [1.807, 2.05) is 6.08 Å². The first-order valence-corrected chi connectivity index (χ1v) is 8.73. The Kier molecular flexibility index (Phi) is 5.03. The van der Waals surface area contributed by atoms with Gasteiger partial charge in [-0.25, -0.2) is 0 Å². The molecule has 2 atom stereocenters. The summed E-state index contributed by atoms with van der Waals surface area (Å²) in [5, 5.41) is 9.37. The first-order valence-electron chi connectivity index (χ1n) is 6.20. The second kappa shape index (κ2) is 5.82. The van der Waals surface area contributed by atoms with Crippen molar-refractivity contribution in [2.24, 2.45) is 0 Å². The maximum absolute atomic E-state index is 9.37. The summed E-state index contributed by atoms with van der Waals surface area (Å²) in [6.45, 7) is 6.75. The molecule has 3 heteroatoms. The lowest BCUT2D eigenvalue weighted by molar-refractivity contribution is 0.152. The molecule has 0 aromatic heterocycles. The normalized spacial score (nSPS) is 26.9.